The van der Waals surface area contributed by atoms with Gasteiger partial charge in [0.1, 0.15) is 11.2 Å². The highest BCUT2D eigenvalue weighted by molar-refractivity contribution is 6.78. The normalized spacial score (nSPS) is 19.0. The van der Waals surface area contributed by atoms with Crippen LogP contribution in [0.2, 0.25) is 33.2 Å². The Morgan fingerprint density at radius 1 is 0.500 bits per heavy atom. The van der Waals surface area contributed by atoms with E-state index in [0.717, 1.165) is 0 Å². The molecule has 0 rings (SSSR count). The van der Waals surface area contributed by atoms with E-state index in [2.05, 4.69) is 83.1 Å². The van der Waals surface area contributed by atoms with E-state index in [-0.39, 0.29) is 0 Å². The smallest absolute Gasteiger partial charge is 0.200 e. The van der Waals surface area contributed by atoms with E-state index in [0.29, 0.717) is 46.1 Å². The van der Waals surface area contributed by atoms with Gasteiger partial charge in [-0.15, -0.1) is 0 Å². The summed E-state index contributed by atoms with van der Waals surface area (Å²) in [5, 5.41) is 42.8. The van der Waals surface area contributed by atoms with Gasteiger partial charge in [-0.05, 0) is 59.9 Å². The minimum atomic E-state index is -2.36. The van der Waals surface area contributed by atoms with E-state index in [9.17, 15) is 20.4 Å². The Morgan fingerprint density at radius 2 is 0.694 bits per heavy atom. The molecule has 4 atom stereocenters. The van der Waals surface area contributed by atoms with Crippen molar-refractivity contribution in [3.05, 3.63) is 0 Å². The molecule has 0 heterocycles. The Kier molecular flexibility index (Phi) is 14.1. The van der Waals surface area contributed by atoms with Crippen LogP contribution in [0.3, 0.4) is 0 Å². The van der Waals surface area contributed by atoms with Crippen LogP contribution in [0.1, 0.15) is 110 Å². The molecule has 0 aromatic rings. The Hall–Kier alpha value is 0.194. The Labute approximate surface area is 225 Å². The van der Waals surface area contributed by atoms with Crippen LogP contribution in [0.15, 0.2) is 0 Å². The first-order chi connectivity index (χ1) is 16.2. The number of aliphatic hydroxyl groups is 4. The zero-order valence-corrected chi connectivity index (χ0v) is 28.1. The van der Waals surface area contributed by atoms with Gasteiger partial charge < -0.3 is 29.3 Å². The maximum atomic E-state index is 11.3. The average Bonchev–Trinajstić information content (AvgIpc) is 2.73. The summed E-state index contributed by atoms with van der Waals surface area (Å²) in [5.41, 5.74) is -0.926. The molecule has 0 aliphatic carbocycles. The second-order valence-electron chi connectivity index (χ2n) is 13.5. The average molecular weight is 551 g/mol. The van der Waals surface area contributed by atoms with Gasteiger partial charge in [0.05, 0.1) is 25.4 Å². The van der Waals surface area contributed by atoms with Gasteiger partial charge in [-0.2, -0.15) is 0 Å². The van der Waals surface area contributed by atoms with Crippen LogP contribution in [0.5, 0.6) is 0 Å². The summed E-state index contributed by atoms with van der Waals surface area (Å²) in [6.07, 6.45) is -0.410. The molecule has 0 aromatic carbocycles. The van der Waals surface area contributed by atoms with Crippen molar-refractivity contribution in [3.63, 3.8) is 0 Å². The first kappa shape index (κ1) is 36.2. The minimum Gasteiger partial charge on any atom is -0.410 e. The van der Waals surface area contributed by atoms with E-state index in [4.69, 9.17) is 8.85 Å². The van der Waals surface area contributed by atoms with Crippen LogP contribution in [0, 0.1) is 0 Å². The van der Waals surface area contributed by atoms with Crippen molar-refractivity contribution in [2.24, 2.45) is 0 Å². The van der Waals surface area contributed by atoms with Crippen molar-refractivity contribution in [1.29, 1.82) is 0 Å². The first-order valence-electron chi connectivity index (χ1n) is 14.2. The molecule has 6 nitrogen and oxygen atoms in total. The Morgan fingerprint density at radius 3 is 0.833 bits per heavy atom. The highest BCUT2D eigenvalue weighted by Crippen LogP contribution is 2.46. The fraction of sp³-hybridized carbons (Fsp3) is 1.00. The summed E-state index contributed by atoms with van der Waals surface area (Å²) in [6.45, 7) is 28.9. The molecule has 4 N–H and O–H groups in total. The lowest BCUT2D eigenvalue weighted by Gasteiger charge is -2.49. The molecule has 0 saturated heterocycles. The summed E-state index contributed by atoms with van der Waals surface area (Å²) < 4.78 is 14.0. The molecule has 0 fully saturated rings. The molecule has 36 heavy (non-hydrogen) atoms. The molecule has 0 aliphatic heterocycles. The third-order valence-electron chi connectivity index (χ3n) is 8.83. The van der Waals surface area contributed by atoms with Crippen LogP contribution in [0.4, 0.5) is 0 Å². The van der Waals surface area contributed by atoms with Crippen LogP contribution in [-0.2, 0) is 8.85 Å². The van der Waals surface area contributed by atoms with Crippen molar-refractivity contribution in [2.75, 3.05) is 13.2 Å². The molecule has 218 valence electrons. The van der Waals surface area contributed by atoms with Crippen LogP contribution in [-0.4, -0.2) is 73.7 Å². The highest BCUT2D eigenvalue weighted by atomic mass is 28.4. The summed E-state index contributed by atoms with van der Waals surface area (Å²) in [7, 11) is -4.72. The van der Waals surface area contributed by atoms with Crippen molar-refractivity contribution in [2.45, 2.75) is 166 Å². The third-order valence-corrected chi connectivity index (χ3v) is 21.0. The first-order valence-corrected chi connectivity index (χ1v) is 18.5. The van der Waals surface area contributed by atoms with Crippen molar-refractivity contribution in [1.82, 2.24) is 0 Å². The number of aliphatic hydroxyl groups excluding tert-OH is 2. The molecule has 0 radical (unpaired) electrons. The Bertz CT molecular complexity index is 534. The Balaban J connectivity index is 6.47. The predicted molar refractivity (Wildman–Crippen MR) is 156 cm³/mol. The molecule has 0 spiro atoms. The SMILES string of the molecule is CC(C)[Si](O[C@H](CC[C@@H](O[Si](C(C)C)(C(C)C)C(C)C)[C@@](C)(O)CO)[C@@](C)(O)CO)(C(C)C)C(C)C. The second kappa shape index (κ2) is 14.0. The second-order valence-corrected chi connectivity index (χ2v) is 24.3. The molecular formula is C28H62O6Si2. The minimum absolute atomic E-state index is 0.324. The molecule has 0 bridgehead atoms. The van der Waals surface area contributed by atoms with Crippen LogP contribution >= 0.6 is 0 Å². The molecular weight excluding hydrogens is 488 g/mol. The molecule has 0 unspecified atom stereocenters. The maximum absolute atomic E-state index is 11.3. The summed E-state index contributed by atoms with van der Waals surface area (Å²) in [6, 6.07) is 0. The largest absolute Gasteiger partial charge is 0.410 e. The van der Waals surface area contributed by atoms with E-state index < -0.39 is 53.3 Å². The lowest BCUT2D eigenvalue weighted by atomic mass is 9.90. The zero-order valence-electron chi connectivity index (χ0n) is 26.1. The van der Waals surface area contributed by atoms with Crippen molar-refractivity contribution in [3.8, 4) is 0 Å². The number of hydrogen-bond acceptors (Lipinski definition) is 6. The molecule has 0 saturated carbocycles. The van der Waals surface area contributed by atoms with Crippen molar-refractivity contribution >= 4 is 16.6 Å². The fourth-order valence-corrected chi connectivity index (χ4v) is 18.2. The quantitative estimate of drug-likeness (QED) is 0.157. The summed E-state index contributed by atoms with van der Waals surface area (Å²) in [5.74, 6) is 0. The molecule has 8 heteroatoms. The van der Waals surface area contributed by atoms with Crippen molar-refractivity contribution < 1.29 is 29.3 Å². The van der Waals surface area contributed by atoms with E-state index in [1.165, 1.54) is 0 Å². The van der Waals surface area contributed by atoms with Gasteiger partial charge in [-0.25, -0.2) is 0 Å². The lowest BCUT2D eigenvalue weighted by molar-refractivity contribution is -0.112. The van der Waals surface area contributed by atoms with Gasteiger partial charge in [-0.3, -0.25) is 0 Å². The zero-order chi connectivity index (χ0) is 28.9. The van der Waals surface area contributed by atoms with Gasteiger partial charge in [0.2, 0.25) is 16.6 Å². The van der Waals surface area contributed by atoms with Gasteiger partial charge in [0, 0.05) is 0 Å². The van der Waals surface area contributed by atoms with E-state index in [1.807, 2.05) is 0 Å². The van der Waals surface area contributed by atoms with Crippen LogP contribution < -0.4 is 0 Å². The molecule has 0 amide bonds. The monoisotopic (exact) mass is 550 g/mol. The highest BCUT2D eigenvalue weighted by Gasteiger charge is 2.52. The summed E-state index contributed by atoms with van der Waals surface area (Å²) >= 11 is 0. The fourth-order valence-electron chi connectivity index (χ4n) is 6.81. The number of hydrogen-bond donors (Lipinski definition) is 4. The van der Waals surface area contributed by atoms with Gasteiger partial charge in [0.25, 0.3) is 0 Å². The third kappa shape index (κ3) is 7.87. The maximum Gasteiger partial charge on any atom is 0.200 e. The van der Waals surface area contributed by atoms with Gasteiger partial charge in [0.15, 0.2) is 0 Å². The van der Waals surface area contributed by atoms with E-state index in [1.54, 1.807) is 13.8 Å². The molecule has 0 aliphatic rings. The predicted octanol–water partition coefficient (Wildman–Crippen LogP) is 6.37. The van der Waals surface area contributed by atoms with Crippen LogP contribution in [0.25, 0.3) is 0 Å². The molecule has 0 aromatic heterocycles. The topological polar surface area (TPSA) is 99.4 Å². The number of rotatable bonds is 17. The standard InChI is InChI=1S/C28H62O6Si2/c1-19(2)35(20(3)4,21(5)6)33-25(27(13,31)17-29)15-16-26(28(14,32)18-30)34-36(22(7)8,23(9)10)24(11)12/h19-26,29-32H,15-18H2,1-14H3/t25-,26-,27+,28+/m1/s1. The summed E-state index contributed by atoms with van der Waals surface area (Å²) in [4.78, 5) is 0. The van der Waals surface area contributed by atoms with Gasteiger partial charge >= 0.3 is 0 Å². The van der Waals surface area contributed by atoms with Gasteiger partial charge in [-0.1, -0.05) is 83.1 Å². The van der Waals surface area contributed by atoms with E-state index >= 15 is 0 Å². The lowest BCUT2D eigenvalue weighted by Crippen LogP contribution is -2.58.